The van der Waals surface area contributed by atoms with Gasteiger partial charge in [0.05, 0.1) is 6.89 Å². The molecule has 0 aliphatic heterocycles. The van der Waals surface area contributed by atoms with Crippen molar-refractivity contribution < 1.29 is 1.37 Å². The highest BCUT2D eigenvalue weighted by molar-refractivity contribution is 5.88. The van der Waals surface area contributed by atoms with E-state index in [2.05, 4.69) is 5.10 Å². The van der Waals surface area contributed by atoms with E-state index in [0.29, 0.717) is 11.9 Å². The van der Waals surface area contributed by atoms with Gasteiger partial charge in [0.25, 0.3) is 0 Å². The Labute approximate surface area is 65.8 Å². The summed E-state index contributed by atoms with van der Waals surface area (Å²) in [7, 11) is 1.84. The second-order valence-electron chi connectivity index (χ2n) is 2.45. The Bertz CT molecular complexity index is 433. The lowest BCUT2D eigenvalue weighted by atomic mass is 10.2. The van der Waals surface area contributed by atoms with Crippen LogP contribution in [0.4, 0.5) is 5.82 Å². The number of nitrogen functional groups attached to an aromatic ring is 1. The number of benzene rings is 1. The van der Waals surface area contributed by atoms with E-state index >= 15 is 0 Å². The van der Waals surface area contributed by atoms with Crippen molar-refractivity contribution in [3.8, 4) is 0 Å². The van der Waals surface area contributed by atoms with Crippen LogP contribution in [0.2, 0.25) is 0 Å². The first-order chi connectivity index (χ1) is 5.68. The van der Waals surface area contributed by atoms with Crippen LogP contribution in [0.25, 0.3) is 10.9 Å². The Morgan fingerprint density at radius 2 is 2.45 bits per heavy atom. The fraction of sp³-hybridized carbons (Fsp3) is 0.125. The number of para-hydroxylation sites is 1. The minimum atomic E-state index is 0.460. The Balaban J connectivity index is 2.90. The molecule has 3 nitrogen and oxygen atoms in total. The molecule has 3 heteroatoms. The van der Waals surface area contributed by atoms with Gasteiger partial charge in [0, 0.05) is 12.4 Å². The molecule has 0 bridgehead atoms. The summed E-state index contributed by atoms with van der Waals surface area (Å²) in [5.41, 5.74) is 6.59. The number of hydrogen-bond acceptors (Lipinski definition) is 2. The summed E-state index contributed by atoms with van der Waals surface area (Å²) in [6.45, 7) is 0. The van der Waals surface area contributed by atoms with Gasteiger partial charge >= 0.3 is 0 Å². The zero-order chi connectivity index (χ0) is 8.72. The van der Waals surface area contributed by atoms with Crippen molar-refractivity contribution >= 4 is 16.7 Å². The summed E-state index contributed by atoms with van der Waals surface area (Å²) < 4.78 is 9.10. The standard InChI is InChI=1S/C8H9N3/c1-11-7-5-3-2-4-6(7)8(9)10-11/h2-5H,1H3,(H2,9,10)/i2D. The molecule has 2 rings (SSSR count). The number of hydrogen-bond donors (Lipinski definition) is 1. The lowest BCUT2D eigenvalue weighted by molar-refractivity contribution is 0.802. The first-order valence-electron chi connectivity index (χ1n) is 3.87. The lowest BCUT2D eigenvalue weighted by Gasteiger charge is -1.89. The van der Waals surface area contributed by atoms with Crippen molar-refractivity contribution in [3.63, 3.8) is 0 Å². The molecule has 0 unspecified atom stereocenters. The molecule has 0 saturated heterocycles. The van der Waals surface area contributed by atoms with E-state index in [4.69, 9.17) is 7.10 Å². The highest BCUT2D eigenvalue weighted by Gasteiger charge is 2.01. The quantitative estimate of drug-likeness (QED) is 0.609. The molecule has 0 spiro atoms. The molecule has 0 amide bonds. The van der Waals surface area contributed by atoms with Gasteiger partial charge in [-0.25, -0.2) is 0 Å². The molecule has 2 N–H and O–H groups in total. The largest absolute Gasteiger partial charge is 0.382 e. The van der Waals surface area contributed by atoms with Gasteiger partial charge in [0.1, 0.15) is 0 Å². The van der Waals surface area contributed by atoms with Gasteiger partial charge in [-0.15, -0.1) is 0 Å². The van der Waals surface area contributed by atoms with E-state index in [1.165, 1.54) is 0 Å². The van der Waals surface area contributed by atoms with Crippen molar-refractivity contribution in [3.05, 3.63) is 24.2 Å². The van der Waals surface area contributed by atoms with Crippen LogP contribution in [0.5, 0.6) is 0 Å². The van der Waals surface area contributed by atoms with E-state index in [0.717, 1.165) is 10.9 Å². The predicted molar refractivity (Wildman–Crippen MR) is 45.1 cm³/mol. The normalized spacial score (nSPS) is 11.9. The summed E-state index contributed by atoms with van der Waals surface area (Å²) in [5.74, 6) is 0.488. The molecule has 0 atom stereocenters. The first kappa shape index (κ1) is 5.18. The van der Waals surface area contributed by atoms with Crippen molar-refractivity contribution in [1.82, 2.24) is 9.78 Å². The lowest BCUT2D eigenvalue weighted by Crippen LogP contribution is -1.90. The SMILES string of the molecule is [2H]c1ccc2c(c1)c(N)nn2C. The molecule has 1 aromatic heterocycles. The number of aromatic nitrogens is 2. The molecule has 0 aliphatic carbocycles. The number of rotatable bonds is 0. The third-order valence-electron chi connectivity index (χ3n) is 1.72. The third kappa shape index (κ3) is 0.774. The summed E-state index contributed by atoms with van der Waals surface area (Å²) in [6, 6.07) is 5.75. The number of aryl methyl sites for hydroxylation is 1. The van der Waals surface area contributed by atoms with Gasteiger partial charge in [-0.2, -0.15) is 5.10 Å². The number of anilines is 1. The first-order valence-corrected chi connectivity index (χ1v) is 3.37. The van der Waals surface area contributed by atoms with E-state index in [9.17, 15) is 0 Å². The molecule has 1 aromatic carbocycles. The maximum atomic E-state index is 7.39. The third-order valence-corrected chi connectivity index (χ3v) is 1.72. The maximum absolute atomic E-state index is 7.39. The fourth-order valence-corrected chi connectivity index (χ4v) is 1.18. The zero-order valence-corrected chi connectivity index (χ0v) is 6.20. The average molecular weight is 148 g/mol. The van der Waals surface area contributed by atoms with E-state index in [-0.39, 0.29) is 0 Å². The van der Waals surface area contributed by atoms with Crippen molar-refractivity contribution in [2.24, 2.45) is 7.05 Å². The Hall–Kier alpha value is -1.51. The zero-order valence-electron chi connectivity index (χ0n) is 7.20. The summed E-state index contributed by atoms with van der Waals surface area (Å²) in [4.78, 5) is 0. The molecule has 1 heterocycles. The number of nitrogens with two attached hydrogens (primary N) is 1. The minimum absolute atomic E-state index is 0.460. The molecule has 56 valence electrons. The smallest absolute Gasteiger partial charge is 0.153 e. The second kappa shape index (κ2) is 1.99. The van der Waals surface area contributed by atoms with E-state index in [1.807, 2.05) is 13.1 Å². The summed E-state index contributed by atoms with van der Waals surface area (Å²) in [6.07, 6.45) is 0. The average Bonchev–Trinajstić information content (AvgIpc) is 2.28. The van der Waals surface area contributed by atoms with Crippen LogP contribution in [-0.2, 0) is 7.05 Å². The van der Waals surface area contributed by atoms with Crippen LogP contribution < -0.4 is 5.73 Å². The highest BCUT2D eigenvalue weighted by atomic mass is 15.3. The van der Waals surface area contributed by atoms with Crippen molar-refractivity contribution in [2.75, 3.05) is 5.73 Å². The topological polar surface area (TPSA) is 43.8 Å². The molecule has 11 heavy (non-hydrogen) atoms. The molecule has 2 aromatic rings. The number of nitrogens with zero attached hydrogens (tertiary/aromatic N) is 2. The minimum Gasteiger partial charge on any atom is -0.382 e. The van der Waals surface area contributed by atoms with Crippen molar-refractivity contribution in [1.29, 1.82) is 0 Å². The molecular weight excluding hydrogens is 138 g/mol. The molecule has 0 aliphatic rings. The molecule has 0 radical (unpaired) electrons. The van der Waals surface area contributed by atoms with E-state index in [1.54, 1.807) is 16.8 Å². The van der Waals surface area contributed by atoms with Gasteiger partial charge < -0.3 is 5.73 Å². The van der Waals surface area contributed by atoms with Gasteiger partial charge in [-0.05, 0) is 12.1 Å². The Kier molecular flexibility index (Phi) is 0.935. The van der Waals surface area contributed by atoms with Crippen LogP contribution in [0.15, 0.2) is 24.2 Å². The molecule has 0 saturated carbocycles. The van der Waals surface area contributed by atoms with Crippen LogP contribution in [-0.4, -0.2) is 9.78 Å². The maximum Gasteiger partial charge on any atom is 0.153 e. The van der Waals surface area contributed by atoms with Gasteiger partial charge in [0.15, 0.2) is 5.82 Å². The molecular formula is C8H9N3. The predicted octanol–water partition coefficient (Wildman–Crippen LogP) is 1.16. The number of fused-ring (bicyclic) bond motifs is 1. The van der Waals surface area contributed by atoms with Gasteiger partial charge in [-0.3, -0.25) is 4.68 Å². The van der Waals surface area contributed by atoms with Crippen LogP contribution in [0, 0.1) is 0 Å². The van der Waals surface area contributed by atoms with Crippen molar-refractivity contribution in [2.45, 2.75) is 0 Å². The van der Waals surface area contributed by atoms with Gasteiger partial charge in [0.2, 0.25) is 0 Å². The fourth-order valence-electron chi connectivity index (χ4n) is 1.18. The summed E-state index contributed by atoms with van der Waals surface area (Å²) >= 11 is 0. The Morgan fingerprint density at radius 1 is 1.64 bits per heavy atom. The van der Waals surface area contributed by atoms with Gasteiger partial charge in [-0.1, -0.05) is 12.1 Å². The van der Waals surface area contributed by atoms with Crippen LogP contribution in [0.3, 0.4) is 0 Å². The second-order valence-corrected chi connectivity index (χ2v) is 2.45. The highest BCUT2D eigenvalue weighted by Crippen LogP contribution is 2.17. The summed E-state index contributed by atoms with van der Waals surface area (Å²) in [5, 5.41) is 4.89. The van der Waals surface area contributed by atoms with Crippen LogP contribution in [0.1, 0.15) is 1.37 Å². The monoisotopic (exact) mass is 148 g/mol. The van der Waals surface area contributed by atoms with Crippen LogP contribution >= 0.6 is 0 Å². The van der Waals surface area contributed by atoms with E-state index < -0.39 is 0 Å². The molecule has 0 fully saturated rings. The Morgan fingerprint density at radius 3 is 3.27 bits per heavy atom.